The number of benzene rings is 1. The van der Waals surface area contributed by atoms with Crippen molar-refractivity contribution in [2.45, 2.75) is 13.8 Å². The van der Waals surface area contributed by atoms with Crippen LogP contribution in [0.4, 0.5) is 0 Å². The number of esters is 1. The van der Waals surface area contributed by atoms with Gasteiger partial charge in [-0.05, 0) is 41.1 Å². The van der Waals surface area contributed by atoms with Crippen molar-refractivity contribution in [3.8, 4) is 17.6 Å². The number of hydrogen-bond donors (Lipinski definition) is 1. The van der Waals surface area contributed by atoms with E-state index in [0.29, 0.717) is 14.7 Å². The Morgan fingerprint density at radius 3 is 2.73 bits per heavy atom. The molecule has 0 bridgehead atoms. The number of carbonyl (C=O) groups excluding carboxylic acids is 1. The third-order valence-corrected chi connectivity index (χ3v) is 2.82. The number of ether oxygens (including phenoxy) is 1. The molecule has 0 saturated carbocycles. The third kappa shape index (κ3) is 2.39. The standard InChI is InChI=1S/C10H8INO3/c1-5-3-8(15-6(2)13)10(14)9(11)7(5)4-12/h3,14H,1-2H3. The minimum atomic E-state index is -0.509. The van der Waals surface area contributed by atoms with Crippen LogP contribution in [-0.4, -0.2) is 11.1 Å². The summed E-state index contributed by atoms with van der Waals surface area (Å²) in [5.74, 6) is -0.596. The number of phenolic OH excluding ortho intramolecular Hbond substituents is 1. The Morgan fingerprint density at radius 2 is 2.27 bits per heavy atom. The highest BCUT2D eigenvalue weighted by molar-refractivity contribution is 14.1. The monoisotopic (exact) mass is 317 g/mol. The Kier molecular flexibility index (Phi) is 3.52. The maximum absolute atomic E-state index is 10.7. The fourth-order valence-electron chi connectivity index (χ4n) is 1.11. The predicted molar refractivity (Wildman–Crippen MR) is 61.6 cm³/mol. The van der Waals surface area contributed by atoms with Crippen LogP contribution in [0.5, 0.6) is 11.5 Å². The topological polar surface area (TPSA) is 70.3 Å². The Morgan fingerprint density at radius 1 is 1.67 bits per heavy atom. The Labute approximate surface area is 101 Å². The maximum Gasteiger partial charge on any atom is 0.308 e. The lowest BCUT2D eigenvalue weighted by molar-refractivity contribution is -0.132. The van der Waals surface area contributed by atoms with Crippen LogP contribution >= 0.6 is 22.6 Å². The normalized spacial score (nSPS) is 9.47. The van der Waals surface area contributed by atoms with Gasteiger partial charge >= 0.3 is 5.97 Å². The number of aromatic hydroxyl groups is 1. The largest absolute Gasteiger partial charge is 0.503 e. The van der Waals surface area contributed by atoms with Crippen molar-refractivity contribution in [2.75, 3.05) is 0 Å². The summed E-state index contributed by atoms with van der Waals surface area (Å²) >= 11 is 1.84. The summed E-state index contributed by atoms with van der Waals surface area (Å²) in [6.07, 6.45) is 0. The van der Waals surface area contributed by atoms with E-state index in [1.54, 1.807) is 6.92 Å². The molecule has 0 saturated heterocycles. The van der Waals surface area contributed by atoms with Crippen LogP contribution in [0.1, 0.15) is 18.1 Å². The summed E-state index contributed by atoms with van der Waals surface area (Å²) in [4.78, 5) is 10.7. The number of carbonyl (C=O) groups is 1. The van der Waals surface area contributed by atoms with Crippen molar-refractivity contribution < 1.29 is 14.6 Å². The molecule has 0 spiro atoms. The van der Waals surface area contributed by atoms with E-state index in [1.165, 1.54) is 13.0 Å². The third-order valence-electron chi connectivity index (χ3n) is 1.77. The number of aryl methyl sites for hydroxylation is 1. The molecule has 0 radical (unpaired) electrons. The SMILES string of the molecule is CC(=O)Oc1cc(C)c(C#N)c(I)c1O. The zero-order valence-corrected chi connectivity index (χ0v) is 10.3. The zero-order valence-electron chi connectivity index (χ0n) is 8.17. The van der Waals surface area contributed by atoms with Crippen molar-refractivity contribution in [3.63, 3.8) is 0 Å². The molecular weight excluding hydrogens is 309 g/mol. The number of nitriles is 1. The molecule has 0 aliphatic heterocycles. The van der Waals surface area contributed by atoms with E-state index < -0.39 is 5.97 Å². The second-order valence-corrected chi connectivity index (χ2v) is 4.01. The first-order valence-electron chi connectivity index (χ1n) is 4.08. The second-order valence-electron chi connectivity index (χ2n) is 2.93. The minimum absolute atomic E-state index is 0.0865. The number of rotatable bonds is 1. The quantitative estimate of drug-likeness (QED) is 0.489. The average molecular weight is 317 g/mol. The molecule has 0 aromatic heterocycles. The van der Waals surface area contributed by atoms with Crippen LogP contribution in [0.15, 0.2) is 6.07 Å². The molecular formula is C10H8INO3. The first-order valence-corrected chi connectivity index (χ1v) is 5.15. The van der Waals surface area contributed by atoms with Gasteiger partial charge in [0.1, 0.15) is 6.07 Å². The van der Waals surface area contributed by atoms with Gasteiger partial charge in [-0.1, -0.05) is 0 Å². The van der Waals surface area contributed by atoms with Gasteiger partial charge in [0, 0.05) is 6.92 Å². The van der Waals surface area contributed by atoms with Gasteiger partial charge in [0.05, 0.1) is 9.13 Å². The van der Waals surface area contributed by atoms with E-state index in [0.717, 1.165) is 0 Å². The molecule has 78 valence electrons. The van der Waals surface area contributed by atoms with Gasteiger partial charge < -0.3 is 9.84 Å². The van der Waals surface area contributed by atoms with Crippen LogP contribution < -0.4 is 4.74 Å². The summed E-state index contributed by atoms with van der Waals surface area (Å²) < 4.78 is 5.20. The number of phenols is 1. The van der Waals surface area contributed by atoms with Gasteiger partial charge in [-0.25, -0.2) is 0 Å². The van der Waals surface area contributed by atoms with E-state index in [9.17, 15) is 9.90 Å². The van der Waals surface area contributed by atoms with Crippen LogP contribution in [0.25, 0.3) is 0 Å². The van der Waals surface area contributed by atoms with E-state index in [-0.39, 0.29) is 11.5 Å². The molecule has 1 rings (SSSR count). The highest BCUT2D eigenvalue weighted by Crippen LogP contribution is 2.35. The van der Waals surface area contributed by atoms with Gasteiger partial charge in [-0.3, -0.25) is 4.79 Å². The fourth-order valence-corrected chi connectivity index (χ4v) is 1.92. The summed E-state index contributed by atoms with van der Waals surface area (Å²) in [6, 6.07) is 3.45. The van der Waals surface area contributed by atoms with Crippen molar-refractivity contribution >= 4 is 28.6 Å². The summed E-state index contributed by atoms with van der Waals surface area (Å²) in [5, 5.41) is 18.5. The summed E-state index contributed by atoms with van der Waals surface area (Å²) in [5.41, 5.74) is 1.06. The Bertz CT molecular complexity index is 463. The van der Waals surface area contributed by atoms with Crippen molar-refractivity contribution in [2.24, 2.45) is 0 Å². The molecule has 15 heavy (non-hydrogen) atoms. The minimum Gasteiger partial charge on any atom is -0.503 e. The second kappa shape index (κ2) is 4.49. The molecule has 1 aromatic rings. The van der Waals surface area contributed by atoms with E-state index in [2.05, 4.69) is 0 Å². The van der Waals surface area contributed by atoms with Gasteiger partial charge in [0.15, 0.2) is 11.5 Å². The molecule has 1 N–H and O–H groups in total. The highest BCUT2D eigenvalue weighted by Gasteiger charge is 2.15. The van der Waals surface area contributed by atoms with Crippen molar-refractivity contribution in [3.05, 3.63) is 20.8 Å². The highest BCUT2D eigenvalue weighted by atomic mass is 127. The summed E-state index contributed by atoms with van der Waals surface area (Å²) in [7, 11) is 0. The average Bonchev–Trinajstić information content (AvgIpc) is 2.14. The van der Waals surface area contributed by atoms with Crippen molar-refractivity contribution in [1.82, 2.24) is 0 Å². The van der Waals surface area contributed by atoms with Crippen LogP contribution in [0.3, 0.4) is 0 Å². The van der Waals surface area contributed by atoms with E-state index >= 15 is 0 Å². The molecule has 0 atom stereocenters. The lowest BCUT2D eigenvalue weighted by Gasteiger charge is -2.09. The molecule has 1 aromatic carbocycles. The molecule has 0 heterocycles. The molecule has 4 nitrogen and oxygen atoms in total. The first kappa shape index (κ1) is 11.8. The van der Waals surface area contributed by atoms with Gasteiger partial charge in [0.25, 0.3) is 0 Å². The zero-order chi connectivity index (χ0) is 11.6. The lowest BCUT2D eigenvalue weighted by Crippen LogP contribution is -2.03. The lowest BCUT2D eigenvalue weighted by atomic mass is 10.1. The van der Waals surface area contributed by atoms with Gasteiger partial charge in [-0.2, -0.15) is 5.26 Å². The molecule has 0 aliphatic carbocycles. The van der Waals surface area contributed by atoms with Crippen LogP contribution in [0, 0.1) is 21.8 Å². The molecule has 0 aliphatic rings. The molecule has 0 unspecified atom stereocenters. The predicted octanol–water partition coefficient (Wildman–Crippen LogP) is 2.10. The van der Waals surface area contributed by atoms with Gasteiger partial charge in [0.2, 0.25) is 0 Å². The first-order chi connectivity index (χ1) is 6.97. The smallest absolute Gasteiger partial charge is 0.308 e. The maximum atomic E-state index is 10.7. The molecule has 0 fully saturated rings. The Balaban J connectivity index is 3.35. The van der Waals surface area contributed by atoms with E-state index in [4.69, 9.17) is 10.00 Å². The number of nitrogens with zero attached hydrogens (tertiary/aromatic N) is 1. The molecule has 5 heteroatoms. The van der Waals surface area contributed by atoms with Crippen molar-refractivity contribution in [1.29, 1.82) is 5.26 Å². The fraction of sp³-hybridized carbons (Fsp3) is 0.200. The number of hydrogen-bond acceptors (Lipinski definition) is 4. The van der Waals surface area contributed by atoms with E-state index in [1.807, 2.05) is 28.7 Å². The Hall–Kier alpha value is -1.29. The van der Waals surface area contributed by atoms with Gasteiger partial charge in [-0.15, -0.1) is 0 Å². The molecule has 0 amide bonds. The van der Waals surface area contributed by atoms with Crippen LogP contribution in [0.2, 0.25) is 0 Å². The van der Waals surface area contributed by atoms with Crippen LogP contribution in [-0.2, 0) is 4.79 Å². The number of halogens is 1. The summed E-state index contributed by atoms with van der Waals surface area (Å²) in [6.45, 7) is 2.97.